The summed E-state index contributed by atoms with van der Waals surface area (Å²) in [5, 5.41) is 0. The van der Waals surface area contributed by atoms with Gasteiger partial charge in [-0.15, -0.1) is 11.8 Å². The molecule has 0 aliphatic heterocycles. The van der Waals surface area contributed by atoms with Crippen LogP contribution in [0.1, 0.15) is 41.0 Å². The second-order valence-electron chi connectivity index (χ2n) is 5.05. The zero-order valence-electron chi connectivity index (χ0n) is 12.7. The first-order valence-electron chi connectivity index (χ1n) is 6.56. The lowest BCUT2D eigenvalue weighted by molar-refractivity contribution is 0.0451. The summed E-state index contributed by atoms with van der Waals surface area (Å²) < 4.78 is 5.93. The smallest absolute Gasteiger partial charge is 0.0922 e. The molecule has 106 valence electrons. The molecule has 0 spiro atoms. The Kier molecular flexibility index (Phi) is 9.52. The number of hydrogen-bond acceptors (Lipinski definition) is 3. The van der Waals surface area contributed by atoms with Crippen molar-refractivity contribution >= 4 is 11.8 Å². The molecule has 0 aromatic heterocycles. The molecule has 0 amide bonds. The summed E-state index contributed by atoms with van der Waals surface area (Å²) in [6.07, 6.45) is 7.51. The van der Waals surface area contributed by atoms with Crippen LogP contribution in [0, 0.1) is 5.92 Å². The molecule has 0 radical (unpaired) electrons. The normalized spacial score (nSPS) is 17.2. The van der Waals surface area contributed by atoms with Gasteiger partial charge in [-0.3, -0.25) is 0 Å². The highest BCUT2D eigenvalue weighted by atomic mass is 32.2. The van der Waals surface area contributed by atoms with Crippen molar-refractivity contribution in [2.24, 2.45) is 11.7 Å². The number of hydrogen-bond donors (Lipinski definition) is 1. The highest BCUT2D eigenvalue weighted by Crippen LogP contribution is 2.21. The molecule has 0 bridgehead atoms. The summed E-state index contributed by atoms with van der Waals surface area (Å²) in [5.74, 6) is 1.05. The summed E-state index contributed by atoms with van der Waals surface area (Å²) in [4.78, 5) is 0. The molecule has 3 atom stereocenters. The van der Waals surface area contributed by atoms with Crippen molar-refractivity contribution in [1.29, 1.82) is 0 Å². The van der Waals surface area contributed by atoms with Crippen LogP contribution in [-0.2, 0) is 4.74 Å². The Labute approximate surface area is 117 Å². The molecular weight excluding hydrogens is 242 g/mol. The molecule has 0 aliphatic carbocycles. The molecule has 2 nitrogen and oxygen atoms in total. The van der Waals surface area contributed by atoms with Crippen LogP contribution in [0.15, 0.2) is 23.3 Å². The van der Waals surface area contributed by atoms with Gasteiger partial charge in [-0.2, -0.15) is 0 Å². The fraction of sp³-hybridized carbons (Fsp3) is 0.733. The van der Waals surface area contributed by atoms with Crippen molar-refractivity contribution in [3.63, 3.8) is 0 Å². The van der Waals surface area contributed by atoms with Gasteiger partial charge in [0.25, 0.3) is 0 Å². The molecule has 2 N–H and O–H groups in total. The summed E-state index contributed by atoms with van der Waals surface area (Å²) in [7, 11) is 0. The lowest BCUT2D eigenvalue weighted by Gasteiger charge is -2.29. The van der Waals surface area contributed by atoms with E-state index in [2.05, 4.69) is 46.1 Å². The van der Waals surface area contributed by atoms with Gasteiger partial charge in [0.05, 0.1) is 12.0 Å². The van der Waals surface area contributed by atoms with Gasteiger partial charge >= 0.3 is 0 Å². The minimum absolute atomic E-state index is 0.0763. The SMILES string of the molecule is C/C=C(\C)[C@@H](N)[C@@H](C)[C@H](CC=C(C)C)OCSC. The van der Waals surface area contributed by atoms with Crippen molar-refractivity contribution in [3.8, 4) is 0 Å². The summed E-state index contributed by atoms with van der Waals surface area (Å²) >= 11 is 1.71. The maximum absolute atomic E-state index is 6.27. The van der Waals surface area contributed by atoms with Crippen molar-refractivity contribution < 1.29 is 4.74 Å². The molecule has 0 aliphatic rings. The highest BCUT2D eigenvalue weighted by molar-refractivity contribution is 7.98. The number of rotatable bonds is 8. The van der Waals surface area contributed by atoms with E-state index in [0.29, 0.717) is 5.92 Å². The molecular formula is C15H29NOS. The maximum Gasteiger partial charge on any atom is 0.0922 e. The average molecular weight is 271 g/mol. The molecule has 0 saturated carbocycles. The third kappa shape index (κ3) is 6.62. The van der Waals surface area contributed by atoms with Crippen LogP contribution >= 0.6 is 11.8 Å². The topological polar surface area (TPSA) is 35.2 Å². The van der Waals surface area contributed by atoms with Crippen LogP contribution < -0.4 is 5.73 Å². The minimum Gasteiger partial charge on any atom is -0.367 e. The van der Waals surface area contributed by atoms with Crippen LogP contribution in [0.3, 0.4) is 0 Å². The van der Waals surface area contributed by atoms with E-state index in [-0.39, 0.29) is 12.1 Å². The van der Waals surface area contributed by atoms with Gasteiger partial charge < -0.3 is 10.5 Å². The Hall–Kier alpha value is -0.250. The number of thioether (sulfide) groups is 1. The van der Waals surface area contributed by atoms with Gasteiger partial charge in [-0.1, -0.05) is 30.2 Å². The molecule has 0 aromatic carbocycles. The van der Waals surface area contributed by atoms with E-state index in [1.807, 2.05) is 6.92 Å². The fourth-order valence-corrected chi connectivity index (χ4v) is 2.09. The Bertz CT molecular complexity index is 282. The fourth-order valence-electron chi connectivity index (χ4n) is 1.78. The quantitative estimate of drug-likeness (QED) is 0.536. The molecule has 0 heterocycles. The summed E-state index contributed by atoms with van der Waals surface area (Å²) in [6, 6.07) is 0.0763. The molecule has 0 unspecified atom stereocenters. The van der Waals surface area contributed by atoms with E-state index in [4.69, 9.17) is 10.5 Å². The number of ether oxygens (including phenoxy) is 1. The molecule has 0 saturated heterocycles. The zero-order chi connectivity index (χ0) is 14.1. The van der Waals surface area contributed by atoms with Crippen LogP contribution in [-0.4, -0.2) is 24.3 Å². The van der Waals surface area contributed by atoms with E-state index < -0.39 is 0 Å². The first-order chi connectivity index (χ1) is 8.43. The van der Waals surface area contributed by atoms with Gasteiger partial charge in [0, 0.05) is 12.0 Å². The molecule has 0 aromatic rings. The number of nitrogens with two attached hydrogens (primary N) is 1. The predicted molar refractivity (Wildman–Crippen MR) is 83.9 cm³/mol. The second-order valence-corrected chi connectivity index (χ2v) is 5.86. The van der Waals surface area contributed by atoms with Gasteiger partial charge in [0.1, 0.15) is 0 Å². The highest BCUT2D eigenvalue weighted by Gasteiger charge is 2.23. The van der Waals surface area contributed by atoms with E-state index in [0.717, 1.165) is 12.4 Å². The first kappa shape index (κ1) is 17.8. The van der Waals surface area contributed by atoms with Gasteiger partial charge in [-0.05, 0) is 40.4 Å². The second kappa shape index (κ2) is 9.65. The van der Waals surface area contributed by atoms with Crippen molar-refractivity contribution in [1.82, 2.24) is 0 Å². The third-order valence-corrected chi connectivity index (χ3v) is 3.66. The zero-order valence-corrected chi connectivity index (χ0v) is 13.5. The third-order valence-electron chi connectivity index (χ3n) is 3.29. The summed E-state index contributed by atoms with van der Waals surface area (Å²) in [5.41, 5.74) is 8.84. The van der Waals surface area contributed by atoms with Crippen molar-refractivity contribution in [2.75, 3.05) is 12.2 Å². The van der Waals surface area contributed by atoms with E-state index >= 15 is 0 Å². The lowest BCUT2D eigenvalue weighted by Crippen LogP contribution is -2.38. The van der Waals surface area contributed by atoms with Crippen LogP contribution in [0.4, 0.5) is 0 Å². The van der Waals surface area contributed by atoms with Gasteiger partial charge in [0.2, 0.25) is 0 Å². The summed E-state index contributed by atoms with van der Waals surface area (Å²) in [6.45, 7) is 10.5. The lowest BCUT2D eigenvalue weighted by atomic mass is 9.89. The van der Waals surface area contributed by atoms with Crippen LogP contribution in [0.2, 0.25) is 0 Å². The first-order valence-corrected chi connectivity index (χ1v) is 7.95. The minimum atomic E-state index is 0.0763. The van der Waals surface area contributed by atoms with Crippen LogP contribution in [0.5, 0.6) is 0 Å². The maximum atomic E-state index is 6.27. The van der Waals surface area contributed by atoms with Crippen LogP contribution in [0.25, 0.3) is 0 Å². The average Bonchev–Trinajstić information content (AvgIpc) is 2.36. The standard InChI is InChI=1S/C15H29NOS/c1-7-12(4)15(16)13(5)14(17-10-18-6)9-8-11(2)3/h7-8,13-15H,9-10,16H2,1-6H3/b12-7+/t13-,14-,15+/m0/s1. The van der Waals surface area contributed by atoms with E-state index in [1.165, 1.54) is 11.1 Å². The Morgan fingerprint density at radius 1 is 1.33 bits per heavy atom. The Morgan fingerprint density at radius 2 is 1.94 bits per heavy atom. The largest absolute Gasteiger partial charge is 0.367 e. The monoisotopic (exact) mass is 271 g/mol. The van der Waals surface area contributed by atoms with Crippen molar-refractivity contribution in [3.05, 3.63) is 23.3 Å². The van der Waals surface area contributed by atoms with Gasteiger partial charge in [0.15, 0.2) is 0 Å². The molecule has 3 heteroatoms. The Morgan fingerprint density at radius 3 is 2.39 bits per heavy atom. The molecule has 18 heavy (non-hydrogen) atoms. The number of allylic oxidation sites excluding steroid dienone is 2. The Balaban J connectivity index is 4.66. The van der Waals surface area contributed by atoms with E-state index in [1.54, 1.807) is 11.8 Å². The predicted octanol–water partition coefficient (Wildman–Crippen LogP) is 3.98. The van der Waals surface area contributed by atoms with Gasteiger partial charge in [-0.25, -0.2) is 0 Å². The molecule has 0 rings (SSSR count). The van der Waals surface area contributed by atoms with E-state index in [9.17, 15) is 0 Å². The molecule has 0 fully saturated rings. The van der Waals surface area contributed by atoms with Crippen molar-refractivity contribution in [2.45, 2.75) is 53.2 Å².